The predicted octanol–water partition coefficient (Wildman–Crippen LogP) is 5.59. The number of halogens is 4. The fourth-order valence-corrected chi connectivity index (χ4v) is 3.48. The Bertz CT molecular complexity index is 908. The van der Waals surface area contributed by atoms with Gasteiger partial charge in [-0.3, -0.25) is 0 Å². The summed E-state index contributed by atoms with van der Waals surface area (Å²) in [5.41, 5.74) is 1.60. The van der Waals surface area contributed by atoms with Crippen molar-refractivity contribution in [3.63, 3.8) is 0 Å². The molecule has 1 unspecified atom stereocenters. The van der Waals surface area contributed by atoms with Gasteiger partial charge in [0.05, 0.1) is 5.69 Å². The number of pyridine rings is 1. The second kappa shape index (κ2) is 6.88. The summed E-state index contributed by atoms with van der Waals surface area (Å²) in [6, 6.07) is 10.6. The molecule has 0 radical (unpaired) electrons. The number of hydrogen-bond acceptors (Lipinski definition) is 3. The molecule has 0 bridgehead atoms. The van der Waals surface area contributed by atoms with E-state index in [0.717, 1.165) is 16.2 Å². The molecule has 8 heteroatoms. The van der Waals surface area contributed by atoms with Crippen LogP contribution in [0.25, 0.3) is 22.6 Å². The van der Waals surface area contributed by atoms with E-state index in [1.54, 1.807) is 23.4 Å². The van der Waals surface area contributed by atoms with E-state index in [1.807, 2.05) is 24.3 Å². The molecule has 0 amide bonds. The predicted molar refractivity (Wildman–Crippen MR) is 95.0 cm³/mol. The normalized spacial score (nSPS) is 13.4. The Labute approximate surface area is 152 Å². The van der Waals surface area contributed by atoms with E-state index in [0.29, 0.717) is 17.0 Å². The van der Waals surface area contributed by atoms with Crippen LogP contribution in [0.5, 0.6) is 0 Å². The van der Waals surface area contributed by atoms with Gasteiger partial charge in [-0.25, -0.2) is 9.97 Å². The Balaban J connectivity index is 2.12. The highest BCUT2D eigenvalue weighted by Crippen LogP contribution is 2.38. The Morgan fingerprint density at radius 1 is 1.16 bits per heavy atom. The third kappa shape index (κ3) is 3.48. The highest BCUT2D eigenvalue weighted by molar-refractivity contribution is 7.99. The van der Waals surface area contributed by atoms with Gasteiger partial charge in [0.25, 0.3) is 0 Å². The number of thioether (sulfide) groups is 1. The summed E-state index contributed by atoms with van der Waals surface area (Å²) in [4.78, 5) is 9.72. The summed E-state index contributed by atoms with van der Waals surface area (Å²) in [6.07, 6.45) is -4.55. The molecule has 1 atom stereocenters. The standard InChI is InChI=1S/C17H15ClF3N3S/c1-3-25-13-7-5-4-6-10(13)15-23-12-9-8-11(14(18)17(19,20)21)22-16(12)24(15)2/h4-9,14H,3H2,1-2H3. The Morgan fingerprint density at radius 3 is 2.56 bits per heavy atom. The van der Waals surface area contributed by atoms with Crippen LogP contribution in [0.2, 0.25) is 0 Å². The third-order valence-electron chi connectivity index (χ3n) is 3.71. The van der Waals surface area contributed by atoms with E-state index in [1.165, 1.54) is 12.1 Å². The fraction of sp³-hybridized carbons (Fsp3) is 0.294. The molecule has 0 fully saturated rings. The van der Waals surface area contributed by atoms with Gasteiger partial charge >= 0.3 is 6.18 Å². The summed E-state index contributed by atoms with van der Waals surface area (Å²) in [7, 11) is 1.74. The lowest BCUT2D eigenvalue weighted by molar-refractivity contribution is -0.132. The summed E-state index contributed by atoms with van der Waals surface area (Å²) < 4.78 is 40.2. The maximum absolute atomic E-state index is 12.8. The van der Waals surface area contributed by atoms with Crippen molar-refractivity contribution in [2.24, 2.45) is 7.05 Å². The fourth-order valence-electron chi connectivity index (χ4n) is 2.56. The zero-order chi connectivity index (χ0) is 18.2. The molecule has 0 aliphatic heterocycles. The molecule has 0 aliphatic carbocycles. The first kappa shape index (κ1) is 18.1. The number of aryl methyl sites for hydroxylation is 1. The molecule has 25 heavy (non-hydrogen) atoms. The number of nitrogens with zero attached hydrogens (tertiary/aromatic N) is 3. The molecule has 3 aromatic rings. The largest absolute Gasteiger partial charge is 0.410 e. The van der Waals surface area contributed by atoms with Crippen molar-refractivity contribution in [2.45, 2.75) is 23.4 Å². The molecule has 3 nitrogen and oxygen atoms in total. The van der Waals surface area contributed by atoms with Crippen LogP contribution in [0.1, 0.15) is 18.0 Å². The zero-order valence-electron chi connectivity index (χ0n) is 13.5. The summed E-state index contributed by atoms with van der Waals surface area (Å²) in [6.45, 7) is 2.06. The van der Waals surface area contributed by atoms with E-state index in [9.17, 15) is 13.2 Å². The van der Waals surface area contributed by atoms with Gasteiger partial charge in [-0.05, 0) is 24.0 Å². The van der Waals surface area contributed by atoms with Crippen molar-refractivity contribution in [1.82, 2.24) is 14.5 Å². The first-order valence-corrected chi connectivity index (χ1v) is 9.01. The molecule has 2 aromatic heterocycles. The van der Waals surface area contributed by atoms with E-state index >= 15 is 0 Å². The molecule has 0 saturated heterocycles. The number of benzene rings is 1. The molecule has 1 aromatic carbocycles. The van der Waals surface area contributed by atoms with Crippen LogP contribution in [0.15, 0.2) is 41.3 Å². The second-order valence-electron chi connectivity index (χ2n) is 5.41. The first-order chi connectivity index (χ1) is 11.8. The minimum Gasteiger partial charge on any atom is -0.312 e. The van der Waals surface area contributed by atoms with Gasteiger partial charge in [0.15, 0.2) is 11.0 Å². The average Bonchev–Trinajstić information content (AvgIpc) is 2.90. The highest BCUT2D eigenvalue weighted by atomic mass is 35.5. The first-order valence-electron chi connectivity index (χ1n) is 7.59. The maximum atomic E-state index is 12.8. The van der Waals surface area contributed by atoms with E-state index in [-0.39, 0.29) is 5.69 Å². The maximum Gasteiger partial charge on any atom is 0.410 e. The lowest BCUT2D eigenvalue weighted by Crippen LogP contribution is -2.16. The van der Waals surface area contributed by atoms with E-state index in [4.69, 9.17) is 11.6 Å². The topological polar surface area (TPSA) is 30.7 Å². The van der Waals surface area contributed by atoms with Gasteiger partial charge in [-0.15, -0.1) is 23.4 Å². The van der Waals surface area contributed by atoms with Crippen LogP contribution in [0, 0.1) is 0 Å². The Kier molecular flexibility index (Phi) is 4.97. The molecule has 3 rings (SSSR count). The minimum absolute atomic E-state index is 0.229. The molecule has 132 valence electrons. The molecule has 0 aliphatic rings. The molecular weight excluding hydrogens is 371 g/mol. The van der Waals surface area contributed by atoms with Crippen molar-refractivity contribution in [3.8, 4) is 11.4 Å². The number of aromatic nitrogens is 3. The monoisotopic (exact) mass is 385 g/mol. The van der Waals surface area contributed by atoms with Crippen molar-refractivity contribution < 1.29 is 13.2 Å². The molecule has 0 N–H and O–H groups in total. The summed E-state index contributed by atoms with van der Waals surface area (Å²) in [5, 5.41) is -2.14. The van der Waals surface area contributed by atoms with Crippen molar-refractivity contribution in [3.05, 3.63) is 42.1 Å². The Hall–Kier alpha value is -1.73. The van der Waals surface area contributed by atoms with Crippen molar-refractivity contribution in [2.75, 3.05) is 5.75 Å². The van der Waals surface area contributed by atoms with Crippen molar-refractivity contribution >= 4 is 34.5 Å². The van der Waals surface area contributed by atoms with Gasteiger partial charge < -0.3 is 4.57 Å². The number of imidazole rings is 1. The summed E-state index contributed by atoms with van der Waals surface area (Å²) >= 11 is 7.19. The lowest BCUT2D eigenvalue weighted by atomic mass is 10.2. The van der Waals surface area contributed by atoms with Crippen molar-refractivity contribution in [1.29, 1.82) is 0 Å². The van der Waals surface area contributed by atoms with Gasteiger partial charge in [0, 0.05) is 17.5 Å². The number of alkyl halides is 4. The number of hydrogen-bond donors (Lipinski definition) is 0. The van der Waals surface area contributed by atoms with Crippen LogP contribution >= 0.6 is 23.4 Å². The minimum atomic E-state index is -4.55. The highest BCUT2D eigenvalue weighted by Gasteiger charge is 2.40. The molecule has 0 spiro atoms. The van der Waals surface area contributed by atoms with Crippen LogP contribution in [0.4, 0.5) is 13.2 Å². The summed E-state index contributed by atoms with van der Waals surface area (Å²) in [5.74, 6) is 1.57. The molecule has 2 heterocycles. The SMILES string of the molecule is CCSc1ccccc1-c1nc2ccc(C(Cl)C(F)(F)F)nc2n1C. The zero-order valence-corrected chi connectivity index (χ0v) is 15.1. The van der Waals surface area contributed by atoms with Crippen LogP contribution in [-0.2, 0) is 7.05 Å². The van der Waals surface area contributed by atoms with E-state index < -0.39 is 11.6 Å². The lowest BCUT2D eigenvalue weighted by Gasteiger charge is -2.13. The van der Waals surface area contributed by atoms with Crippen LogP contribution in [0.3, 0.4) is 0 Å². The van der Waals surface area contributed by atoms with Gasteiger partial charge in [-0.1, -0.05) is 25.1 Å². The molecular formula is C17H15ClF3N3S. The number of rotatable bonds is 4. The number of fused-ring (bicyclic) bond motifs is 1. The smallest absolute Gasteiger partial charge is 0.312 e. The van der Waals surface area contributed by atoms with Crippen LogP contribution < -0.4 is 0 Å². The van der Waals surface area contributed by atoms with Gasteiger partial charge in [0.2, 0.25) is 0 Å². The second-order valence-corrected chi connectivity index (χ2v) is 7.15. The van der Waals surface area contributed by atoms with E-state index in [2.05, 4.69) is 16.9 Å². The van der Waals surface area contributed by atoms with Gasteiger partial charge in [0.1, 0.15) is 11.3 Å². The average molecular weight is 386 g/mol. The quantitative estimate of drug-likeness (QED) is 0.433. The molecule has 0 saturated carbocycles. The Morgan fingerprint density at radius 2 is 1.88 bits per heavy atom. The van der Waals surface area contributed by atoms with Crippen LogP contribution in [-0.4, -0.2) is 26.5 Å². The van der Waals surface area contributed by atoms with Gasteiger partial charge in [-0.2, -0.15) is 13.2 Å². The third-order valence-corrected chi connectivity index (χ3v) is 5.14.